The second-order valence-corrected chi connectivity index (χ2v) is 4.72. The van der Waals surface area contributed by atoms with Gasteiger partial charge < -0.3 is 10.1 Å². The van der Waals surface area contributed by atoms with E-state index in [4.69, 9.17) is 0 Å². The number of cyclic esters (lactones) is 1. The molecule has 0 bridgehead atoms. The van der Waals surface area contributed by atoms with Crippen molar-refractivity contribution < 1.29 is 31.5 Å². The lowest BCUT2D eigenvalue weighted by molar-refractivity contribution is -0.159. The van der Waals surface area contributed by atoms with Crippen molar-refractivity contribution >= 4 is 5.97 Å². The Kier molecular flexibility index (Phi) is 4.18. The van der Waals surface area contributed by atoms with E-state index in [9.17, 15) is 26.7 Å². The summed E-state index contributed by atoms with van der Waals surface area (Å²) in [5, 5.41) is 2.60. The third kappa shape index (κ3) is 3.69. The quantitative estimate of drug-likeness (QED) is 0.686. The smallest absolute Gasteiger partial charge is 0.416 e. The molecule has 1 N–H and O–H groups in total. The molecule has 1 aliphatic heterocycles. The van der Waals surface area contributed by atoms with Gasteiger partial charge in [-0.2, -0.15) is 22.0 Å². The molecule has 0 aromatic heterocycles. The lowest BCUT2D eigenvalue weighted by Crippen LogP contribution is -2.27. The Hall–Kier alpha value is -1.70. The molecule has 8 heteroatoms. The van der Waals surface area contributed by atoms with Crippen LogP contribution in [-0.2, 0) is 22.3 Å². The van der Waals surface area contributed by atoms with E-state index in [1.165, 1.54) is 18.2 Å². The minimum absolute atomic E-state index is 0.00100. The summed E-state index contributed by atoms with van der Waals surface area (Å²) in [5.74, 6) is -5.11. The Balaban J connectivity index is 1.92. The second kappa shape index (κ2) is 5.59. The van der Waals surface area contributed by atoms with Gasteiger partial charge in [0.15, 0.2) is 0 Å². The third-order valence-electron chi connectivity index (χ3n) is 3.07. The molecular formula is C13H12F5NO2. The van der Waals surface area contributed by atoms with E-state index in [-0.39, 0.29) is 18.7 Å². The monoisotopic (exact) mass is 309 g/mol. The first-order valence-corrected chi connectivity index (χ1v) is 6.15. The predicted octanol–water partition coefficient (Wildman–Crippen LogP) is 2.75. The molecule has 1 aliphatic rings. The van der Waals surface area contributed by atoms with Crippen molar-refractivity contribution in [1.82, 2.24) is 5.32 Å². The van der Waals surface area contributed by atoms with Gasteiger partial charge in [0.05, 0.1) is 12.0 Å². The van der Waals surface area contributed by atoms with Crippen LogP contribution in [0, 0.1) is 0 Å². The van der Waals surface area contributed by atoms with Crippen LogP contribution >= 0.6 is 0 Å². The zero-order valence-electron chi connectivity index (χ0n) is 10.7. The lowest BCUT2D eigenvalue weighted by Gasteiger charge is -2.14. The second-order valence-electron chi connectivity index (χ2n) is 4.72. The van der Waals surface area contributed by atoms with Crippen molar-refractivity contribution in [2.24, 2.45) is 0 Å². The zero-order chi connectivity index (χ0) is 15.7. The Bertz CT molecular complexity index is 530. The van der Waals surface area contributed by atoms with Crippen LogP contribution < -0.4 is 5.32 Å². The Morgan fingerprint density at radius 1 is 1.29 bits per heavy atom. The summed E-state index contributed by atoms with van der Waals surface area (Å²) in [4.78, 5) is 10.8. The number of rotatable bonds is 4. The molecule has 2 rings (SSSR count). The van der Waals surface area contributed by atoms with E-state index in [1.54, 1.807) is 0 Å². The SMILES string of the molecule is O=C1OC(CNCc2ccccc2C(F)(F)F)CC1(F)F. The summed E-state index contributed by atoms with van der Waals surface area (Å²) in [6.07, 6.45) is -6.28. The van der Waals surface area contributed by atoms with Gasteiger partial charge in [-0.25, -0.2) is 4.79 Å². The first-order chi connectivity index (χ1) is 9.70. The average Bonchev–Trinajstić information content (AvgIpc) is 2.62. The maximum absolute atomic E-state index is 12.9. The van der Waals surface area contributed by atoms with E-state index >= 15 is 0 Å². The summed E-state index contributed by atoms with van der Waals surface area (Å²) < 4.78 is 68.5. The number of hydrogen-bond donors (Lipinski definition) is 1. The van der Waals surface area contributed by atoms with Gasteiger partial charge in [0.1, 0.15) is 6.10 Å². The van der Waals surface area contributed by atoms with Crippen LogP contribution in [0.3, 0.4) is 0 Å². The topological polar surface area (TPSA) is 38.3 Å². The van der Waals surface area contributed by atoms with Crippen LogP contribution in [0.1, 0.15) is 17.5 Å². The number of carbonyl (C=O) groups excluding carboxylic acids is 1. The fourth-order valence-electron chi connectivity index (χ4n) is 2.08. The molecule has 1 aromatic carbocycles. The highest BCUT2D eigenvalue weighted by Gasteiger charge is 2.50. The van der Waals surface area contributed by atoms with E-state index < -0.39 is 36.2 Å². The van der Waals surface area contributed by atoms with Gasteiger partial charge in [-0.1, -0.05) is 18.2 Å². The molecule has 1 aromatic rings. The number of carbonyl (C=O) groups is 1. The molecule has 1 unspecified atom stereocenters. The molecule has 116 valence electrons. The number of hydrogen-bond acceptors (Lipinski definition) is 3. The summed E-state index contributed by atoms with van der Waals surface area (Å²) in [6.45, 7) is -0.289. The van der Waals surface area contributed by atoms with Gasteiger partial charge in [0.25, 0.3) is 0 Å². The Morgan fingerprint density at radius 2 is 1.95 bits per heavy atom. The van der Waals surface area contributed by atoms with Crippen LogP contribution in [-0.4, -0.2) is 24.5 Å². The fraction of sp³-hybridized carbons (Fsp3) is 0.462. The van der Waals surface area contributed by atoms with Crippen molar-refractivity contribution in [2.45, 2.75) is 31.2 Å². The lowest BCUT2D eigenvalue weighted by atomic mass is 10.1. The Morgan fingerprint density at radius 3 is 2.52 bits per heavy atom. The minimum Gasteiger partial charge on any atom is -0.456 e. The summed E-state index contributed by atoms with van der Waals surface area (Å²) >= 11 is 0. The number of ether oxygens (including phenoxy) is 1. The molecule has 0 spiro atoms. The maximum Gasteiger partial charge on any atom is 0.416 e. The van der Waals surface area contributed by atoms with Gasteiger partial charge >= 0.3 is 18.1 Å². The van der Waals surface area contributed by atoms with Crippen molar-refractivity contribution in [3.63, 3.8) is 0 Å². The largest absolute Gasteiger partial charge is 0.456 e. The number of benzene rings is 1. The number of alkyl halides is 5. The molecule has 0 aliphatic carbocycles. The van der Waals surface area contributed by atoms with Gasteiger partial charge in [-0.15, -0.1) is 0 Å². The summed E-state index contributed by atoms with van der Waals surface area (Å²) in [6, 6.07) is 4.97. The summed E-state index contributed by atoms with van der Waals surface area (Å²) in [5.41, 5.74) is -0.785. The normalized spacial score (nSPS) is 21.4. The van der Waals surface area contributed by atoms with E-state index in [2.05, 4.69) is 10.1 Å². The van der Waals surface area contributed by atoms with Crippen molar-refractivity contribution in [3.8, 4) is 0 Å². The summed E-state index contributed by atoms with van der Waals surface area (Å²) in [7, 11) is 0. The third-order valence-corrected chi connectivity index (χ3v) is 3.07. The van der Waals surface area contributed by atoms with E-state index in [0.29, 0.717) is 0 Å². The van der Waals surface area contributed by atoms with Crippen molar-refractivity contribution in [2.75, 3.05) is 6.54 Å². The molecule has 1 saturated heterocycles. The van der Waals surface area contributed by atoms with Crippen LogP contribution in [0.15, 0.2) is 24.3 Å². The molecule has 0 radical (unpaired) electrons. The Labute approximate surface area is 117 Å². The van der Waals surface area contributed by atoms with E-state index in [0.717, 1.165) is 6.07 Å². The van der Waals surface area contributed by atoms with Crippen molar-refractivity contribution in [3.05, 3.63) is 35.4 Å². The van der Waals surface area contributed by atoms with Crippen LogP contribution in [0.5, 0.6) is 0 Å². The predicted molar refractivity (Wildman–Crippen MR) is 62.6 cm³/mol. The highest BCUT2D eigenvalue weighted by atomic mass is 19.4. The highest BCUT2D eigenvalue weighted by Crippen LogP contribution is 2.32. The molecule has 1 atom stereocenters. The zero-order valence-corrected chi connectivity index (χ0v) is 10.7. The van der Waals surface area contributed by atoms with Gasteiger partial charge in [-0.05, 0) is 11.6 Å². The number of halogens is 5. The van der Waals surface area contributed by atoms with Gasteiger partial charge in [0, 0.05) is 13.1 Å². The first kappa shape index (κ1) is 15.7. The van der Waals surface area contributed by atoms with E-state index in [1.807, 2.05) is 0 Å². The standard InChI is InChI=1S/C13H12F5NO2/c14-12(15)5-9(21-11(12)20)7-19-6-8-3-1-2-4-10(8)13(16,17)18/h1-4,9,19H,5-7H2. The van der Waals surface area contributed by atoms with Crippen LogP contribution in [0.25, 0.3) is 0 Å². The molecule has 21 heavy (non-hydrogen) atoms. The highest BCUT2D eigenvalue weighted by molar-refractivity contribution is 5.79. The minimum atomic E-state index is -4.48. The average molecular weight is 309 g/mol. The van der Waals surface area contributed by atoms with Gasteiger partial charge in [0.2, 0.25) is 0 Å². The van der Waals surface area contributed by atoms with Crippen LogP contribution in [0.4, 0.5) is 22.0 Å². The molecule has 0 saturated carbocycles. The molecular weight excluding hydrogens is 297 g/mol. The first-order valence-electron chi connectivity index (χ1n) is 6.15. The fourth-order valence-corrected chi connectivity index (χ4v) is 2.08. The molecule has 1 heterocycles. The molecule has 1 fully saturated rings. The van der Waals surface area contributed by atoms with Gasteiger partial charge in [-0.3, -0.25) is 0 Å². The maximum atomic E-state index is 12.9. The number of nitrogens with one attached hydrogen (secondary N) is 1. The molecule has 0 amide bonds. The van der Waals surface area contributed by atoms with Crippen LogP contribution in [0.2, 0.25) is 0 Å². The molecule has 3 nitrogen and oxygen atoms in total. The number of esters is 1. The van der Waals surface area contributed by atoms with Crippen molar-refractivity contribution in [1.29, 1.82) is 0 Å².